The molecule has 0 fully saturated rings. The SMILES string of the molecule is c1ccc2c(c1)sc1ccc3c(c4cccc5c6ccccc6n3c54)c12. The Morgan fingerprint density at radius 3 is 2.23 bits per heavy atom. The van der Waals surface area contributed by atoms with Gasteiger partial charge in [-0.25, -0.2) is 0 Å². The molecule has 0 aliphatic carbocycles. The number of fused-ring (bicyclic) bond motifs is 10. The second kappa shape index (κ2) is 4.35. The maximum atomic E-state index is 2.46. The summed E-state index contributed by atoms with van der Waals surface area (Å²) in [5.74, 6) is 0. The number of thiophene rings is 1. The Morgan fingerprint density at radius 1 is 0.500 bits per heavy atom. The lowest BCUT2D eigenvalue weighted by molar-refractivity contribution is 1.37. The molecule has 26 heavy (non-hydrogen) atoms. The molecule has 0 unspecified atom stereocenters. The summed E-state index contributed by atoms with van der Waals surface area (Å²) in [6.45, 7) is 0. The average molecular weight is 347 g/mol. The Hall–Kier alpha value is -3.10. The van der Waals surface area contributed by atoms with Gasteiger partial charge in [0.05, 0.1) is 16.6 Å². The second-order valence-electron chi connectivity index (χ2n) is 6.99. The summed E-state index contributed by atoms with van der Waals surface area (Å²) in [4.78, 5) is 0. The number of hydrogen-bond donors (Lipinski definition) is 0. The van der Waals surface area contributed by atoms with Gasteiger partial charge < -0.3 is 4.40 Å². The van der Waals surface area contributed by atoms with Gasteiger partial charge in [0.25, 0.3) is 0 Å². The summed E-state index contributed by atoms with van der Waals surface area (Å²) in [5.41, 5.74) is 3.97. The van der Waals surface area contributed by atoms with Gasteiger partial charge in [-0.15, -0.1) is 11.3 Å². The average Bonchev–Trinajstić information content (AvgIpc) is 3.33. The summed E-state index contributed by atoms with van der Waals surface area (Å²) in [5, 5.41) is 8.22. The molecule has 1 nitrogen and oxygen atoms in total. The van der Waals surface area contributed by atoms with Crippen molar-refractivity contribution in [3.8, 4) is 0 Å². The minimum Gasteiger partial charge on any atom is -0.308 e. The number of rotatable bonds is 0. The van der Waals surface area contributed by atoms with E-state index in [-0.39, 0.29) is 0 Å². The van der Waals surface area contributed by atoms with Gasteiger partial charge in [0.2, 0.25) is 0 Å². The zero-order valence-electron chi connectivity index (χ0n) is 13.9. The topological polar surface area (TPSA) is 4.41 Å². The van der Waals surface area contributed by atoms with Gasteiger partial charge in [-0.3, -0.25) is 0 Å². The van der Waals surface area contributed by atoms with Gasteiger partial charge in [0.15, 0.2) is 0 Å². The predicted molar refractivity (Wildman–Crippen MR) is 114 cm³/mol. The second-order valence-corrected chi connectivity index (χ2v) is 8.07. The fourth-order valence-corrected chi connectivity index (χ4v) is 5.85. The lowest BCUT2D eigenvalue weighted by Gasteiger charge is -1.99. The summed E-state index contributed by atoms with van der Waals surface area (Å²) < 4.78 is 5.20. The highest BCUT2D eigenvalue weighted by Crippen LogP contribution is 2.45. The molecule has 120 valence electrons. The van der Waals surface area contributed by atoms with Crippen LogP contribution in [0.3, 0.4) is 0 Å². The quantitative estimate of drug-likeness (QED) is 0.273. The van der Waals surface area contributed by atoms with Gasteiger partial charge in [-0.2, -0.15) is 0 Å². The van der Waals surface area contributed by atoms with Gasteiger partial charge in [-0.1, -0.05) is 54.6 Å². The molecular weight excluding hydrogens is 334 g/mol. The van der Waals surface area contributed by atoms with E-state index in [4.69, 9.17) is 0 Å². The van der Waals surface area contributed by atoms with Crippen molar-refractivity contribution >= 4 is 69.6 Å². The van der Waals surface area contributed by atoms with Crippen LogP contribution in [0.25, 0.3) is 58.3 Å². The van der Waals surface area contributed by atoms with Crippen LogP contribution in [-0.2, 0) is 0 Å². The van der Waals surface area contributed by atoms with Crippen LogP contribution in [-0.4, -0.2) is 4.40 Å². The van der Waals surface area contributed by atoms with E-state index in [0.29, 0.717) is 0 Å². The number of nitrogens with zero attached hydrogens (tertiary/aromatic N) is 1. The molecule has 7 rings (SSSR count). The first kappa shape index (κ1) is 13.2. The van der Waals surface area contributed by atoms with Crippen molar-refractivity contribution < 1.29 is 0 Å². The smallest absolute Gasteiger partial charge is 0.0620 e. The molecular formula is C24H13NS. The van der Waals surface area contributed by atoms with Gasteiger partial charge in [-0.05, 0) is 24.3 Å². The molecule has 0 atom stereocenters. The highest BCUT2D eigenvalue weighted by molar-refractivity contribution is 7.26. The van der Waals surface area contributed by atoms with Gasteiger partial charge in [0, 0.05) is 41.7 Å². The summed E-state index contributed by atoms with van der Waals surface area (Å²) >= 11 is 1.89. The molecule has 2 heteroatoms. The maximum absolute atomic E-state index is 2.46. The van der Waals surface area contributed by atoms with E-state index >= 15 is 0 Å². The molecule has 0 aliphatic rings. The standard InChI is InChI=1S/C24H13NS/c1-3-10-18-14(6-1)15-8-5-9-17-22-19(25(18)24(15)17)12-13-21-23(22)16-7-2-4-11-20(16)26-21/h1-13H. The summed E-state index contributed by atoms with van der Waals surface area (Å²) in [7, 11) is 0. The van der Waals surface area contributed by atoms with Crippen molar-refractivity contribution in [2.75, 3.05) is 0 Å². The minimum atomic E-state index is 1.30. The molecule has 3 heterocycles. The fourth-order valence-electron chi connectivity index (χ4n) is 4.74. The number of benzene rings is 4. The predicted octanol–water partition coefficient (Wildman–Crippen LogP) is 7.20. The fraction of sp³-hybridized carbons (Fsp3) is 0. The van der Waals surface area contributed by atoms with E-state index in [1.165, 1.54) is 58.3 Å². The maximum Gasteiger partial charge on any atom is 0.0620 e. The van der Waals surface area contributed by atoms with Crippen molar-refractivity contribution in [2.45, 2.75) is 0 Å². The largest absolute Gasteiger partial charge is 0.308 e. The van der Waals surface area contributed by atoms with Crippen molar-refractivity contribution in [1.29, 1.82) is 0 Å². The van der Waals surface area contributed by atoms with E-state index in [1.54, 1.807) is 0 Å². The highest BCUT2D eigenvalue weighted by Gasteiger charge is 2.19. The lowest BCUT2D eigenvalue weighted by atomic mass is 10.0. The lowest BCUT2D eigenvalue weighted by Crippen LogP contribution is -1.79. The van der Waals surface area contributed by atoms with E-state index in [1.807, 2.05) is 11.3 Å². The number of hydrogen-bond acceptors (Lipinski definition) is 1. The first-order valence-electron chi connectivity index (χ1n) is 8.89. The van der Waals surface area contributed by atoms with Crippen LogP contribution < -0.4 is 0 Å². The number of aromatic nitrogens is 1. The third-order valence-electron chi connectivity index (χ3n) is 5.73. The van der Waals surface area contributed by atoms with Crippen molar-refractivity contribution in [1.82, 2.24) is 4.40 Å². The van der Waals surface area contributed by atoms with Gasteiger partial charge in [0.1, 0.15) is 0 Å². The van der Waals surface area contributed by atoms with Crippen LogP contribution in [0.2, 0.25) is 0 Å². The third-order valence-corrected chi connectivity index (χ3v) is 6.86. The van der Waals surface area contributed by atoms with Crippen molar-refractivity contribution in [3.05, 3.63) is 78.9 Å². The molecule has 0 saturated heterocycles. The molecule has 0 saturated carbocycles. The molecule has 0 bridgehead atoms. The Labute approximate surface area is 153 Å². The van der Waals surface area contributed by atoms with E-state index < -0.39 is 0 Å². The van der Waals surface area contributed by atoms with Crippen molar-refractivity contribution in [2.24, 2.45) is 0 Å². The monoisotopic (exact) mass is 347 g/mol. The minimum absolute atomic E-state index is 1.30. The molecule has 0 radical (unpaired) electrons. The van der Waals surface area contributed by atoms with Crippen LogP contribution in [0.5, 0.6) is 0 Å². The summed E-state index contributed by atoms with van der Waals surface area (Å²) in [6, 6.07) is 28.9. The molecule has 0 N–H and O–H groups in total. The van der Waals surface area contributed by atoms with Crippen molar-refractivity contribution in [3.63, 3.8) is 0 Å². The molecule has 0 amide bonds. The zero-order valence-corrected chi connectivity index (χ0v) is 14.7. The van der Waals surface area contributed by atoms with Crippen LogP contribution in [0.15, 0.2) is 78.9 Å². The normalized spacial score (nSPS) is 12.6. The molecule has 3 aromatic heterocycles. The van der Waals surface area contributed by atoms with Crippen LogP contribution in [0.4, 0.5) is 0 Å². The Kier molecular flexibility index (Phi) is 2.20. The Balaban J connectivity index is 1.91. The Morgan fingerprint density at radius 2 is 1.27 bits per heavy atom. The molecule has 0 spiro atoms. The number of para-hydroxylation sites is 2. The zero-order chi connectivity index (χ0) is 16.8. The highest BCUT2D eigenvalue weighted by atomic mass is 32.1. The van der Waals surface area contributed by atoms with E-state index in [0.717, 1.165) is 0 Å². The Bertz CT molecular complexity index is 1630. The van der Waals surface area contributed by atoms with E-state index in [2.05, 4.69) is 83.3 Å². The van der Waals surface area contributed by atoms with Crippen LogP contribution in [0, 0.1) is 0 Å². The molecule has 4 aromatic carbocycles. The first-order chi connectivity index (χ1) is 12.9. The first-order valence-corrected chi connectivity index (χ1v) is 9.70. The van der Waals surface area contributed by atoms with Crippen LogP contribution >= 0.6 is 11.3 Å². The summed E-state index contributed by atoms with van der Waals surface area (Å²) in [6.07, 6.45) is 0. The molecule has 7 aromatic rings. The third kappa shape index (κ3) is 1.36. The van der Waals surface area contributed by atoms with Crippen LogP contribution in [0.1, 0.15) is 0 Å². The van der Waals surface area contributed by atoms with Gasteiger partial charge >= 0.3 is 0 Å². The molecule has 0 aliphatic heterocycles. The van der Waals surface area contributed by atoms with E-state index in [9.17, 15) is 0 Å².